The van der Waals surface area contributed by atoms with Crippen molar-refractivity contribution in [3.05, 3.63) is 60.8 Å². The third-order valence-corrected chi connectivity index (χ3v) is 10.9. The monoisotopic (exact) mass is 857 g/mol. The molecule has 0 aromatic rings. The van der Waals surface area contributed by atoms with Gasteiger partial charge in [-0.15, -0.1) is 0 Å². The zero-order chi connectivity index (χ0) is 43.6. The lowest BCUT2D eigenvalue weighted by Gasteiger charge is -2.41. The van der Waals surface area contributed by atoms with E-state index in [4.69, 9.17) is 18.5 Å². The summed E-state index contributed by atoms with van der Waals surface area (Å²) in [5.41, 5.74) is 0. The summed E-state index contributed by atoms with van der Waals surface area (Å²) in [6.45, 7) is 3.18. The van der Waals surface area contributed by atoms with Crippen LogP contribution in [-0.4, -0.2) is 98.3 Å². The highest BCUT2D eigenvalue weighted by Gasteiger charge is 2.51. The van der Waals surface area contributed by atoms with Crippen LogP contribution in [0, 0.1) is 0 Å². The van der Waals surface area contributed by atoms with Gasteiger partial charge in [0.25, 0.3) is 0 Å². The van der Waals surface area contributed by atoms with Gasteiger partial charge < -0.3 is 39.9 Å². The van der Waals surface area contributed by atoms with E-state index in [1.54, 1.807) is 0 Å². The molecular formula is C45H77O13P. The van der Waals surface area contributed by atoms with E-state index in [1.807, 2.05) is 18.2 Å². The fraction of sp³-hybridized carbons (Fsp3) is 0.733. The average molecular weight is 857 g/mol. The number of ether oxygens (including phenoxy) is 2. The van der Waals surface area contributed by atoms with Gasteiger partial charge in [-0.25, -0.2) is 4.57 Å². The third kappa shape index (κ3) is 27.9. The van der Waals surface area contributed by atoms with Gasteiger partial charge in [-0.05, 0) is 51.4 Å². The number of carbonyl (C=O) groups excluding carboxylic acids is 2. The third-order valence-electron chi connectivity index (χ3n) is 9.88. The van der Waals surface area contributed by atoms with E-state index in [0.717, 1.165) is 44.9 Å². The Bertz CT molecular complexity index is 1270. The van der Waals surface area contributed by atoms with Crippen LogP contribution in [0.5, 0.6) is 0 Å². The van der Waals surface area contributed by atoms with E-state index in [1.165, 1.54) is 64.2 Å². The Morgan fingerprint density at radius 2 is 0.949 bits per heavy atom. The molecule has 1 rings (SSSR count). The number of esters is 2. The quantitative estimate of drug-likeness (QED) is 0.0154. The lowest BCUT2D eigenvalue weighted by molar-refractivity contribution is -0.220. The van der Waals surface area contributed by atoms with Crippen LogP contribution in [0.3, 0.4) is 0 Å². The van der Waals surface area contributed by atoms with Gasteiger partial charge in [-0.2, -0.15) is 0 Å². The molecule has 340 valence electrons. The first kappa shape index (κ1) is 54.6. The van der Waals surface area contributed by atoms with Crippen molar-refractivity contribution in [3.63, 3.8) is 0 Å². The van der Waals surface area contributed by atoms with Gasteiger partial charge in [0.05, 0.1) is 6.61 Å². The minimum absolute atomic E-state index is 0.0276. The van der Waals surface area contributed by atoms with Crippen LogP contribution < -0.4 is 0 Å². The highest BCUT2D eigenvalue weighted by Crippen LogP contribution is 2.47. The molecular weight excluding hydrogens is 779 g/mol. The molecule has 0 radical (unpaired) electrons. The van der Waals surface area contributed by atoms with E-state index in [2.05, 4.69) is 56.4 Å². The van der Waals surface area contributed by atoms with Crippen molar-refractivity contribution in [2.45, 2.75) is 198 Å². The molecule has 8 atom stereocenters. The van der Waals surface area contributed by atoms with Gasteiger partial charge in [-0.3, -0.25) is 18.6 Å². The van der Waals surface area contributed by atoms with Gasteiger partial charge in [-0.1, -0.05) is 152 Å². The molecule has 1 aliphatic rings. The standard InChI is InChI=1S/C45H77O13P/c1-3-5-7-9-11-13-15-16-17-18-19-20-21-22-24-26-28-30-32-34-39(47)57-37(35-55-38(46)33-31-29-27-25-23-14-12-10-8-6-4-2)36-56-59(53,54)58-45-43(51)41(49)40(48)42(50)44(45)52/h11,13,16-17,19-20,22,24,28,30,37,40-45,48-52H,3-10,12,14-15,18,21,23,25-27,29,31-36H2,1-2H3,(H,53,54)/b13-11+,17-16+,20-19+,24-22+,30-28+/t37-,40?,41+,42?,43?,44?,45?/m1/s1. The second-order valence-electron chi connectivity index (χ2n) is 15.2. The molecule has 0 bridgehead atoms. The number of carbonyl (C=O) groups is 2. The molecule has 59 heavy (non-hydrogen) atoms. The van der Waals surface area contributed by atoms with Gasteiger partial charge in [0.1, 0.15) is 43.2 Å². The first-order valence-electron chi connectivity index (χ1n) is 22.1. The van der Waals surface area contributed by atoms with Crippen molar-refractivity contribution in [2.75, 3.05) is 13.2 Å². The highest BCUT2D eigenvalue weighted by molar-refractivity contribution is 7.47. The molecule has 0 aromatic carbocycles. The predicted molar refractivity (Wildman–Crippen MR) is 230 cm³/mol. The molecule has 6 N–H and O–H groups in total. The molecule has 14 heteroatoms. The predicted octanol–water partition coefficient (Wildman–Crippen LogP) is 8.16. The van der Waals surface area contributed by atoms with E-state index in [-0.39, 0.29) is 12.8 Å². The van der Waals surface area contributed by atoms with Crippen molar-refractivity contribution in [1.29, 1.82) is 0 Å². The van der Waals surface area contributed by atoms with Crippen molar-refractivity contribution >= 4 is 19.8 Å². The first-order valence-corrected chi connectivity index (χ1v) is 23.6. The van der Waals surface area contributed by atoms with E-state index >= 15 is 0 Å². The molecule has 0 saturated heterocycles. The summed E-state index contributed by atoms with van der Waals surface area (Å²) in [4.78, 5) is 35.5. The second-order valence-corrected chi connectivity index (χ2v) is 16.6. The number of hydrogen-bond acceptors (Lipinski definition) is 12. The van der Waals surface area contributed by atoms with Crippen LogP contribution in [-0.2, 0) is 32.7 Å². The fourth-order valence-corrected chi connectivity index (χ4v) is 7.24. The zero-order valence-electron chi connectivity index (χ0n) is 35.8. The summed E-state index contributed by atoms with van der Waals surface area (Å²) >= 11 is 0. The molecule has 1 saturated carbocycles. The van der Waals surface area contributed by atoms with E-state index in [0.29, 0.717) is 19.3 Å². The highest BCUT2D eigenvalue weighted by atomic mass is 31.2. The summed E-state index contributed by atoms with van der Waals surface area (Å²) in [7, 11) is -5.13. The summed E-state index contributed by atoms with van der Waals surface area (Å²) in [6.07, 6.45) is 28.7. The Balaban J connectivity index is 2.54. The number of aliphatic hydroxyl groups excluding tert-OH is 5. The van der Waals surface area contributed by atoms with E-state index < -0.39 is 75.7 Å². The largest absolute Gasteiger partial charge is 0.472 e. The smallest absolute Gasteiger partial charge is 0.462 e. The van der Waals surface area contributed by atoms with Crippen LogP contribution in [0.15, 0.2) is 60.8 Å². The lowest BCUT2D eigenvalue weighted by atomic mass is 9.85. The maximum absolute atomic E-state index is 12.8. The molecule has 13 nitrogen and oxygen atoms in total. The van der Waals surface area contributed by atoms with Crippen molar-refractivity contribution in [2.24, 2.45) is 0 Å². The number of rotatable bonds is 35. The number of allylic oxidation sites excluding steroid dienone is 10. The average Bonchev–Trinajstić information content (AvgIpc) is 3.21. The lowest BCUT2D eigenvalue weighted by Crippen LogP contribution is -2.64. The minimum atomic E-state index is -5.13. The van der Waals surface area contributed by atoms with Crippen LogP contribution in [0.1, 0.15) is 155 Å². The number of aliphatic hydroxyl groups is 5. The Labute approximate surface area is 353 Å². The maximum Gasteiger partial charge on any atom is 0.472 e. The Hall–Kier alpha value is -2.45. The van der Waals surface area contributed by atoms with Crippen LogP contribution >= 0.6 is 7.82 Å². The minimum Gasteiger partial charge on any atom is -0.462 e. The molecule has 0 aliphatic heterocycles. The van der Waals surface area contributed by atoms with Crippen LogP contribution in [0.4, 0.5) is 0 Å². The van der Waals surface area contributed by atoms with Gasteiger partial charge >= 0.3 is 19.8 Å². The zero-order valence-corrected chi connectivity index (χ0v) is 36.7. The summed E-state index contributed by atoms with van der Waals surface area (Å²) < 4.78 is 33.3. The number of phosphoric acid groups is 1. The van der Waals surface area contributed by atoms with E-state index in [9.17, 15) is 44.6 Å². The first-order chi connectivity index (χ1) is 28.4. The Kier molecular flexibility index (Phi) is 32.5. The second kappa shape index (κ2) is 35.2. The maximum atomic E-state index is 12.8. The van der Waals surface area contributed by atoms with Gasteiger partial charge in [0, 0.05) is 12.8 Å². The number of phosphoric ester groups is 1. The number of unbranched alkanes of at least 4 members (excludes halogenated alkanes) is 13. The van der Waals surface area contributed by atoms with Crippen molar-refractivity contribution < 1.29 is 63.1 Å². The van der Waals surface area contributed by atoms with Gasteiger partial charge in [0.15, 0.2) is 6.10 Å². The summed E-state index contributed by atoms with van der Waals surface area (Å²) in [5.74, 6) is -1.20. The molecule has 0 spiro atoms. The Morgan fingerprint density at radius 3 is 1.46 bits per heavy atom. The molecule has 1 fully saturated rings. The summed E-state index contributed by atoms with van der Waals surface area (Å²) in [5, 5.41) is 50.0. The molecule has 0 amide bonds. The molecule has 1 aliphatic carbocycles. The Morgan fingerprint density at radius 1 is 0.525 bits per heavy atom. The van der Waals surface area contributed by atoms with Crippen LogP contribution in [0.25, 0.3) is 0 Å². The SMILES string of the molecule is CCCCC/C=C/C/C=C/C/C=C/C/C=C/C/C=C/CCC(=O)O[C@H](COC(=O)CCCCCCCCCCCCC)COP(=O)(O)OC1C(O)C(O)C(O)[C@H](O)C1O. The van der Waals surface area contributed by atoms with Crippen molar-refractivity contribution in [3.8, 4) is 0 Å². The normalized spacial score (nSPS) is 22.9. The summed E-state index contributed by atoms with van der Waals surface area (Å²) in [6, 6.07) is 0. The fourth-order valence-electron chi connectivity index (χ4n) is 6.27. The van der Waals surface area contributed by atoms with Crippen LogP contribution in [0.2, 0.25) is 0 Å². The van der Waals surface area contributed by atoms with Gasteiger partial charge in [0.2, 0.25) is 0 Å². The number of hydrogen-bond donors (Lipinski definition) is 6. The molecule has 0 heterocycles. The van der Waals surface area contributed by atoms with Crippen molar-refractivity contribution in [1.82, 2.24) is 0 Å². The molecule has 0 aromatic heterocycles. The topological polar surface area (TPSA) is 210 Å². The molecule has 6 unspecified atom stereocenters.